The van der Waals surface area contributed by atoms with Crippen molar-refractivity contribution in [2.24, 2.45) is 0 Å². The fraction of sp³-hybridized carbons (Fsp3) is 0.875. The highest BCUT2D eigenvalue weighted by molar-refractivity contribution is 6.46. The standard InChI is InChI=1S/C8H19NO4Si/c1-5-12-14(13-6-2)7(3)9(4)8(10)11/h7,14H,5-6H2,1-4H3,(H,10,11). The van der Waals surface area contributed by atoms with E-state index < -0.39 is 15.4 Å². The molecule has 0 aliphatic heterocycles. The van der Waals surface area contributed by atoms with E-state index in [1.54, 1.807) is 0 Å². The summed E-state index contributed by atoms with van der Waals surface area (Å²) in [5.41, 5.74) is -0.174. The van der Waals surface area contributed by atoms with Crippen molar-refractivity contribution in [1.82, 2.24) is 4.90 Å². The van der Waals surface area contributed by atoms with Gasteiger partial charge in [0.2, 0.25) is 0 Å². The maximum absolute atomic E-state index is 10.7. The molecule has 0 rings (SSSR count). The fourth-order valence-corrected chi connectivity index (χ4v) is 2.81. The molecule has 1 unspecified atom stereocenters. The summed E-state index contributed by atoms with van der Waals surface area (Å²) >= 11 is 0. The topological polar surface area (TPSA) is 59.0 Å². The second-order valence-electron chi connectivity index (χ2n) is 2.91. The second-order valence-corrected chi connectivity index (χ2v) is 5.28. The van der Waals surface area contributed by atoms with Crippen LogP contribution in [0.3, 0.4) is 0 Å². The van der Waals surface area contributed by atoms with Crippen LogP contribution in [-0.2, 0) is 8.85 Å². The smallest absolute Gasteiger partial charge is 0.407 e. The summed E-state index contributed by atoms with van der Waals surface area (Å²) < 4.78 is 10.9. The maximum Gasteiger partial charge on any atom is 0.407 e. The largest absolute Gasteiger partial charge is 0.465 e. The maximum atomic E-state index is 10.7. The first-order chi connectivity index (χ1) is 6.54. The number of nitrogens with zero attached hydrogens (tertiary/aromatic N) is 1. The van der Waals surface area contributed by atoms with E-state index in [0.29, 0.717) is 13.2 Å². The molecule has 84 valence electrons. The Balaban J connectivity index is 4.25. The fourth-order valence-electron chi connectivity index (χ4n) is 1.01. The molecular weight excluding hydrogens is 202 g/mol. The van der Waals surface area contributed by atoms with Crippen LogP contribution in [0.2, 0.25) is 0 Å². The van der Waals surface area contributed by atoms with Gasteiger partial charge in [-0.15, -0.1) is 0 Å². The van der Waals surface area contributed by atoms with Gasteiger partial charge in [0.15, 0.2) is 0 Å². The molecule has 1 atom stereocenters. The molecule has 0 aromatic rings. The lowest BCUT2D eigenvalue weighted by Gasteiger charge is -2.27. The van der Waals surface area contributed by atoms with Gasteiger partial charge in [-0.2, -0.15) is 0 Å². The van der Waals surface area contributed by atoms with Crippen molar-refractivity contribution in [2.75, 3.05) is 20.3 Å². The van der Waals surface area contributed by atoms with Gasteiger partial charge >= 0.3 is 15.4 Å². The minimum absolute atomic E-state index is 0.174. The number of carboxylic acid groups (broad SMARTS) is 1. The lowest BCUT2D eigenvalue weighted by atomic mass is 10.6. The summed E-state index contributed by atoms with van der Waals surface area (Å²) in [6, 6.07) is 0. The minimum Gasteiger partial charge on any atom is -0.465 e. The number of hydrogen-bond donors (Lipinski definition) is 1. The zero-order valence-electron chi connectivity index (χ0n) is 9.19. The number of carbonyl (C=O) groups is 1. The van der Waals surface area contributed by atoms with Gasteiger partial charge in [0.05, 0.1) is 5.67 Å². The van der Waals surface area contributed by atoms with E-state index in [0.717, 1.165) is 0 Å². The van der Waals surface area contributed by atoms with Crippen molar-refractivity contribution in [3.63, 3.8) is 0 Å². The Labute approximate surface area is 86.5 Å². The van der Waals surface area contributed by atoms with Gasteiger partial charge in [-0.1, -0.05) is 0 Å². The van der Waals surface area contributed by atoms with Crippen LogP contribution in [0.5, 0.6) is 0 Å². The third-order valence-corrected chi connectivity index (χ3v) is 4.53. The highest BCUT2D eigenvalue weighted by Crippen LogP contribution is 2.04. The summed E-state index contributed by atoms with van der Waals surface area (Å²) in [5.74, 6) is 0. The molecule has 0 bridgehead atoms. The predicted octanol–water partition coefficient (Wildman–Crippen LogP) is 0.817. The highest BCUT2D eigenvalue weighted by Gasteiger charge is 2.27. The van der Waals surface area contributed by atoms with E-state index >= 15 is 0 Å². The molecule has 0 heterocycles. The van der Waals surface area contributed by atoms with Crippen LogP contribution >= 0.6 is 0 Å². The molecular formula is C8H19NO4Si. The Morgan fingerprint density at radius 3 is 2.14 bits per heavy atom. The Morgan fingerprint density at radius 2 is 1.86 bits per heavy atom. The van der Waals surface area contributed by atoms with Crippen LogP contribution in [0.15, 0.2) is 0 Å². The van der Waals surface area contributed by atoms with Crippen LogP contribution in [0.1, 0.15) is 20.8 Å². The lowest BCUT2D eigenvalue weighted by Crippen LogP contribution is -2.48. The molecule has 6 heteroatoms. The van der Waals surface area contributed by atoms with Crippen molar-refractivity contribution in [3.05, 3.63) is 0 Å². The Morgan fingerprint density at radius 1 is 1.43 bits per heavy atom. The van der Waals surface area contributed by atoms with Gasteiger partial charge in [-0.25, -0.2) is 4.79 Å². The zero-order chi connectivity index (χ0) is 11.1. The minimum atomic E-state index is -1.90. The van der Waals surface area contributed by atoms with Crippen molar-refractivity contribution in [1.29, 1.82) is 0 Å². The van der Waals surface area contributed by atoms with E-state index in [9.17, 15) is 4.79 Å². The molecule has 0 aliphatic rings. The van der Waals surface area contributed by atoms with E-state index in [2.05, 4.69) is 0 Å². The van der Waals surface area contributed by atoms with E-state index in [1.807, 2.05) is 20.8 Å². The molecule has 0 radical (unpaired) electrons. The van der Waals surface area contributed by atoms with Gasteiger partial charge in [0, 0.05) is 20.3 Å². The summed E-state index contributed by atoms with van der Waals surface area (Å²) in [7, 11) is -0.364. The molecule has 1 N–H and O–H groups in total. The highest BCUT2D eigenvalue weighted by atomic mass is 28.3. The van der Waals surface area contributed by atoms with Crippen LogP contribution in [0.4, 0.5) is 4.79 Å². The second kappa shape index (κ2) is 6.80. The lowest BCUT2D eigenvalue weighted by molar-refractivity contribution is 0.134. The SMILES string of the molecule is CCO[SiH](OCC)C(C)N(C)C(=O)O. The van der Waals surface area contributed by atoms with Crippen molar-refractivity contribution in [3.8, 4) is 0 Å². The first-order valence-electron chi connectivity index (χ1n) is 4.73. The summed E-state index contributed by atoms with van der Waals surface area (Å²) in [6.45, 7) is 6.71. The molecule has 0 saturated heterocycles. The number of hydrogen-bond acceptors (Lipinski definition) is 3. The molecule has 0 aromatic heterocycles. The normalized spacial score (nSPS) is 12.9. The monoisotopic (exact) mass is 221 g/mol. The third-order valence-electron chi connectivity index (χ3n) is 1.97. The van der Waals surface area contributed by atoms with Crippen molar-refractivity contribution < 1.29 is 18.8 Å². The molecule has 14 heavy (non-hydrogen) atoms. The van der Waals surface area contributed by atoms with Crippen LogP contribution in [0.25, 0.3) is 0 Å². The Kier molecular flexibility index (Phi) is 6.51. The summed E-state index contributed by atoms with van der Waals surface area (Å²) in [4.78, 5) is 11.9. The quantitative estimate of drug-likeness (QED) is 0.675. The predicted molar refractivity (Wildman–Crippen MR) is 55.7 cm³/mol. The number of rotatable bonds is 6. The Bertz CT molecular complexity index is 173. The van der Waals surface area contributed by atoms with Crippen LogP contribution in [-0.4, -0.2) is 51.3 Å². The summed E-state index contributed by atoms with van der Waals surface area (Å²) in [5, 5.41) is 8.77. The van der Waals surface area contributed by atoms with E-state index in [4.69, 9.17) is 14.0 Å². The number of amides is 1. The van der Waals surface area contributed by atoms with Gasteiger partial charge in [-0.05, 0) is 20.8 Å². The molecule has 0 aromatic carbocycles. The van der Waals surface area contributed by atoms with E-state index in [-0.39, 0.29) is 5.67 Å². The zero-order valence-corrected chi connectivity index (χ0v) is 10.3. The van der Waals surface area contributed by atoms with Crippen molar-refractivity contribution >= 4 is 15.4 Å². The van der Waals surface area contributed by atoms with Gasteiger partial charge < -0.3 is 18.9 Å². The molecule has 0 spiro atoms. The first-order valence-corrected chi connectivity index (χ1v) is 6.34. The van der Waals surface area contributed by atoms with Gasteiger partial charge in [0.1, 0.15) is 0 Å². The molecule has 0 saturated carbocycles. The van der Waals surface area contributed by atoms with Crippen molar-refractivity contribution in [2.45, 2.75) is 26.4 Å². The van der Waals surface area contributed by atoms with E-state index in [1.165, 1.54) is 11.9 Å². The molecule has 0 aliphatic carbocycles. The average Bonchev–Trinajstić information content (AvgIpc) is 2.15. The summed E-state index contributed by atoms with van der Waals surface area (Å²) in [6.07, 6.45) is -0.950. The van der Waals surface area contributed by atoms with Crippen LogP contribution in [0, 0.1) is 0 Å². The Hall–Kier alpha value is -0.593. The van der Waals surface area contributed by atoms with Gasteiger partial charge in [-0.3, -0.25) is 0 Å². The third kappa shape index (κ3) is 4.08. The van der Waals surface area contributed by atoms with Crippen LogP contribution < -0.4 is 0 Å². The average molecular weight is 221 g/mol. The van der Waals surface area contributed by atoms with Gasteiger partial charge in [0.25, 0.3) is 0 Å². The molecule has 5 nitrogen and oxygen atoms in total. The molecule has 0 fully saturated rings. The molecule has 1 amide bonds. The first kappa shape index (κ1) is 13.4.